The van der Waals surface area contributed by atoms with E-state index in [1.165, 1.54) is 6.07 Å². The summed E-state index contributed by atoms with van der Waals surface area (Å²) in [4.78, 5) is 0. The lowest BCUT2D eigenvalue weighted by Gasteiger charge is -2.18. The number of hydrogen-bond acceptors (Lipinski definition) is 3. The fourth-order valence-corrected chi connectivity index (χ4v) is 2.19. The summed E-state index contributed by atoms with van der Waals surface area (Å²) in [6.45, 7) is 4.42. The molecule has 0 radical (unpaired) electrons. The molecule has 1 unspecified atom stereocenters. The summed E-state index contributed by atoms with van der Waals surface area (Å²) in [5, 5.41) is 3.27. The zero-order valence-electron chi connectivity index (χ0n) is 12.5. The molecule has 0 aliphatic carbocycles. The van der Waals surface area contributed by atoms with Crippen LogP contribution in [-0.4, -0.2) is 13.7 Å². The van der Waals surface area contributed by atoms with E-state index in [1.54, 1.807) is 19.2 Å². The number of ether oxygens (including phenoxy) is 2. The summed E-state index contributed by atoms with van der Waals surface area (Å²) in [5.41, 5.74) is 1.48. The molecule has 0 saturated heterocycles. The highest BCUT2D eigenvalue weighted by atomic mass is 19.1. The molecule has 0 amide bonds. The molecule has 0 aliphatic heterocycles. The van der Waals surface area contributed by atoms with Crippen LogP contribution >= 0.6 is 0 Å². The van der Waals surface area contributed by atoms with Crippen molar-refractivity contribution in [2.45, 2.75) is 19.9 Å². The van der Waals surface area contributed by atoms with Crippen LogP contribution < -0.4 is 14.8 Å². The van der Waals surface area contributed by atoms with E-state index in [1.807, 2.05) is 38.1 Å². The summed E-state index contributed by atoms with van der Waals surface area (Å²) >= 11 is 0. The number of halogens is 1. The average molecular weight is 289 g/mol. The van der Waals surface area contributed by atoms with Gasteiger partial charge in [0.05, 0.1) is 19.8 Å². The number of anilines is 1. The predicted octanol–water partition coefficient (Wildman–Crippen LogP) is 4.41. The van der Waals surface area contributed by atoms with Crippen LogP contribution in [0.2, 0.25) is 0 Å². The molecule has 112 valence electrons. The minimum atomic E-state index is -0.213. The summed E-state index contributed by atoms with van der Waals surface area (Å²) in [5.74, 6) is 1.14. The zero-order chi connectivity index (χ0) is 15.2. The van der Waals surface area contributed by atoms with E-state index in [4.69, 9.17) is 9.47 Å². The zero-order valence-corrected chi connectivity index (χ0v) is 12.5. The standard InChI is InChI=1S/C17H20FNO2/c1-4-21-16-10-9-13(11-17(16)20-3)19-12(2)14-7-5-6-8-15(14)18/h5-12,19H,4H2,1-3H3. The first-order valence-corrected chi connectivity index (χ1v) is 6.97. The predicted molar refractivity (Wildman–Crippen MR) is 82.6 cm³/mol. The average Bonchev–Trinajstić information content (AvgIpc) is 2.49. The van der Waals surface area contributed by atoms with Crippen molar-refractivity contribution in [3.63, 3.8) is 0 Å². The van der Waals surface area contributed by atoms with Gasteiger partial charge in [0, 0.05) is 17.3 Å². The molecule has 2 rings (SSSR count). The second-order valence-electron chi connectivity index (χ2n) is 4.69. The van der Waals surface area contributed by atoms with Gasteiger partial charge in [0.1, 0.15) is 5.82 Å². The second kappa shape index (κ2) is 6.97. The van der Waals surface area contributed by atoms with Crippen LogP contribution in [0.4, 0.5) is 10.1 Å². The van der Waals surface area contributed by atoms with Crippen molar-refractivity contribution in [1.82, 2.24) is 0 Å². The first-order chi connectivity index (χ1) is 10.2. The van der Waals surface area contributed by atoms with Gasteiger partial charge in [0.15, 0.2) is 11.5 Å². The molecule has 2 aromatic carbocycles. The van der Waals surface area contributed by atoms with Gasteiger partial charge in [-0.25, -0.2) is 4.39 Å². The van der Waals surface area contributed by atoms with E-state index >= 15 is 0 Å². The highest BCUT2D eigenvalue weighted by Gasteiger charge is 2.11. The Labute approximate surface area is 124 Å². The Morgan fingerprint density at radius 2 is 1.90 bits per heavy atom. The third-order valence-electron chi connectivity index (χ3n) is 3.22. The van der Waals surface area contributed by atoms with Gasteiger partial charge in [0.25, 0.3) is 0 Å². The number of hydrogen-bond donors (Lipinski definition) is 1. The first-order valence-electron chi connectivity index (χ1n) is 6.97. The molecular weight excluding hydrogens is 269 g/mol. The van der Waals surface area contributed by atoms with E-state index in [2.05, 4.69) is 5.32 Å². The summed E-state index contributed by atoms with van der Waals surface area (Å²) in [6, 6.07) is 12.2. The number of nitrogens with one attached hydrogen (secondary N) is 1. The molecule has 0 heterocycles. The fraction of sp³-hybridized carbons (Fsp3) is 0.294. The molecule has 0 saturated carbocycles. The van der Waals surface area contributed by atoms with Gasteiger partial charge in [-0.05, 0) is 32.0 Å². The van der Waals surface area contributed by atoms with Crippen LogP contribution in [0.15, 0.2) is 42.5 Å². The maximum atomic E-state index is 13.8. The smallest absolute Gasteiger partial charge is 0.162 e. The maximum absolute atomic E-state index is 13.8. The molecule has 0 bridgehead atoms. The van der Waals surface area contributed by atoms with E-state index in [9.17, 15) is 4.39 Å². The molecule has 0 spiro atoms. The maximum Gasteiger partial charge on any atom is 0.162 e. The largest absolute Gasteiger partial charge is 0.493 e. The lowest BCUT2D eigenvalue weighted by molar-refractivity contribution is 0.311. The summed E-state index contributed by atoms with van der Waals surface area (Å²) in [6.07, 6.45) is 0. The summed E-state index contributed by atoms with van der Waals surface area (Å²) < 4.78 is 24.6. The van der Waals surface area contributed by atoms with Crippen LogP contribution in [-0.2, 0) is 0 Å². The molecule has 21 heavy (non-hydrogen) atoms. The topological polar surface area (TPSA) is 30.5 Å². The Balaban J connectivity index is 2.18. The molecule has 3 nitrogen and oxygen atoms in total. The van der Waals surface area contributed by atoms with Crippen molar-refractivity contribution in [3.05, 3.63) is 53.8 Å². The molecule has 0 aliphatic rings. The summed E-state index contributed by atoms with van der Waals surface area (Å²) in [7, 11) is 1.60. The van der Waals surface area contributed by atoms with Gasteiger partial charge in [-0.3, -0.25) is 0 Å². The molecule has 0 fully saturated rings. The van der Waals surface area contributed by atoms with E-state index in [0.29, 0.717) is 23.7 Å². The molecule has 2 aromatic rings. The number of benzene rings is 2. The molecule has 1 atom stereocenters. The highest BCUT2D eigenvalue weighted by molar-refractivity contribution is 5.55. The van der Waals surface area contributed by atoms with Gasteiger partial charge in [-0.1, -0.05) is 18.2 Å². The Morgan fingerprint density at radius 3 is 2.57 bits per heavy atom. The molecule has 1 N–H and O–H groups in total. The highest BCUT2D eigenvalue weighted by Crippen LogP contribution is 2.31. The minimum Gasteiger partial charge on any atom is -0.493 e. The van der Waals surface area contributed by atoms with Crippen LogP contribution in [0.3, 0.4) is 0 Å². The number of methoxy groups -OCH3 is 1. The van der Waals surface area contributed by atoms with Crippen molar-refractivity contribution in [2.24, 2.45) is 0 Å². The second-order valence-corrected chi connectivity index (χ2v) is 4.69. The lowest BCUT2D eigenvalue weighted by atomic mass is 10.1. The lowest BCUT2D eigenvalue weighted by Crippen LogP contribution is -2.08. The Bertz CT molecular complexity index is 601. The molecule has 4 heteroatoms. The minimum absolute atomic E-state index is 0.145. The fourth-order valence-electron chi connectivity index (χ4n) is 2.19. The van der Waals surface area contributed by atoms with Crippen LogP contribution in [0.1, 0.15) is 25.5 Å². The van der Waals surface area contributed by atoms with Gasteiger partial charge in [0.2, 0.25) is 0 Å². The van der Waals surface area contributed by atoms with Gasteiger partial charge >= 0.3 is 0 Å². The SMILES string of the molecule is CCOc1ccc(NC(C)c2ccccc2F)cc1OC. The van der Waals surface area contributed by atoms with Crippen LogP contribution in [0, 0.1) is 5.82 Å². The van der Waals surface area contributed by atoms with Crippen molar-refractivity contribution in [2.75, 3.05) is 19.0 Å². The molecule has 0 aromatic heterocycles. The van der Waals surface area contributed by atoms with E-state index in [-0.39, 0.29) is 11.9 Å². The molecular formula is C17H20FNO2. The van der Waals surface area contributed by atoms with Crippen molar-refractivity contribution >= 4 is 5.69 Å². The Hall–Kier alpha value is -2.23. The Kier molecular flexibility index (Phi) is 5.04. The normalized spacial score (nSPS) is 11.8. The first kappa shape index (κ1) is 15.2. The van der Waals surface area contributed by atoms with Gasteiger partial charge < -0.3 is 14.8 Å². The van der Waals surface area contributed by atoms with Gasteiger partial charge in [-0.2, -0.15) is 0 Å². The Morgan fingerprint density at radius 1 is 1.14 bits per heavy atom. The van der Waals surface area contributed by atoms with Crippen molar-refractivity contribution < 1.29 is 13.9 Å². The van der Waals surface area contributed by atoms with E-state index < -0.39 is 0 Å². The third kappa shape index (κ3) is 3.66. The van der Waals surface area contributed by atoms with Gasteiger partial charge in [-0.15, -0.1) is 0 Å². The monoisotopic (exact) mass is 289 g/mol. The van der Waals surface area contributed by atoms with E-state index in [0.717, 1.165) is 5.69 Å². The van der Waals surface area contributed by atoms with Crippen molar-refractivity contribution in [1.29, 1.82) is 0 Å². The van der Waals surface area contributed by atoms with Crippen molar-refractivity contribution in [3.8, 4) is 11.5 Å². The number of rotatable bonds is 6. The van der Waals surface area contributed by atoms with Crippen LogP contribution in [0.25, 0.3) is 0 Å². The third-order valence-corrected chi connectivity index (χ3v) is 3.22. The van der Waals surface area contributed by atoms with Crippen LogP contribution in [0.5, 0.6) is 11.5 Å². The quantitative estimate of drug-likeness (QED) is 0.854.